The van der Waals surface area contributed by atoms with Crippen LogP contribution in [0.25, 0.3) is 0 Å². The molecule has 8 nitrogen and oxygen atoms in total. The van der Waals surface area contributed by atoms with Crippen molar-refractivity contribution in [3.05, 3.63) is 23.8 Å². The lowest BCUT2D eigenvalue weighted by Gasteiger charge is -2.28. The smallest absolute Gasteiger partial charge is 0.274 e. The molecule has 3 rings (SSSR count). The molecule has 0 radical (unpaired) electrons. The molecule has 0 spiro atoms. The third-order valence-electron chi connectivity index (χ3n) is 5.35. The Labute approximate surface area is 166 Å². The van der Waals surface area contributed by atoms with Crippen molar-refractivity contribution < 1.29 is 14.3 Å². The molecule has 8 heteroatoms. The number of rotatable bonds is 8. The fourth-order valence-electron chi connectivity index (χ4n) is 3.65. The molecule has 2 fully saturated rings. The molecule has 0 aliphatic carbocycles. The average molecular weight is 390 g/mol. The summed E-state index contributed by atoms with van der Waals surface area (Å²) >= 11 is 0. The van der Waals surface area contributed by atoms with Crippen molar-refractivity contribution in [2.45, 2.75) is 32.6 Å². The largest absolute Gasteiger partial charge is 0.379 e. The molecule has 0 unspecified atom stereocenters. The summed E-state index contributed by atoms with van der Waals surface area (Å²) in [7, 11) is 0. The third-order valence-corrected chi connectivity index (χ3v) is 5.35. The van der Waals surface area contributed by atoms with Crippen molar-refractivity contribution in [3.8, 4) is 0 Å². The second-order valence-corrected chi connectivity index (χ2v) is 7.48. The van der Waals surface area contributed by atoms with Crippen LogP contribution in [-0.2, 0) is 9.53 Å². The first-order chi connectivity index (χ1) is 13.6. The van der Waals surface area contributed by atoms with E-state index in [2.05, 4.69) is 14.9 Å². The van der Waals surface area contributed by atoms with Crippen LogP contribution in [0.1, 0.15) is 41.9 Å². The zero-order valence-corrected chi connectivity index (χ0v) is 16.8. The molecule has 2 amide bonds. The Morgan fingerprint density at radius 1 is 1.07 bits per heavy atom. The van der Waals surface area contributed by atoms with Crippen molar-refractivity contribution >= 4 is 11.8 Å². The maximum Gasteiger partial charge on any atom is 0.274 e. The molecule has 0 bridgehead atoms. The predicted octanol–water partition coefficient (Wildman–Crippen LogP) is 0.962. The summed E-state index contributed by atoms with van der Waals surface area (Å²) in [5, 5.41) is 0. The molecule has 2 saturated heterocycles. The lowest BCUT2D eigenvalue weighted by atomic mass is 10.2. The highest BCUT2D eigenvalue weighted by Gasteiger charge is 2.22. The van der Waals surface area contributed by atoms with Crippen LogP contribution in [-0.4, -0.2) is 95.5 Å². The van der Waals surface area contributed by atoms with Crippen LogP contribution in [0.5, 0.6) is 0 Å². The van der Waals surface area contributed by atoms with Crippen molar-refractivity contribution in [2.24, 2.45) is 0 Å². The third kappa shape index (κ3) is 5.97. The number of aryl methyl sites for hydroxylation is 1. The van der Waals surface area contributed by atoms with Gasteiger partial charge in [-0.3, -0.25) is 19.5 Å². The summed E-state index contributed by atoms with van der Waals surface area (Å²) in [5.41, 5.74) is 1.12. The average Bonchev–Trinajstić information content (AvgIpc) is 3.26. The summed E-state index contributed by atoms with van der Waals surface area (Å²) in [6, 6.07) is 0. The van der Waals surface area contributed by atoms with Gasteiger partial charge in [-0.25, -0.2) is 4.98 Å². The number of hydrogen-bond donors (Lipinski definition) is 0. The molecule has 1 aromatic rings. The summed E-state index contributed by atoms with van der Waals surface area (Å²) in [6.07, 6.45) is 6.51. The number of amides is 2. The van der Waals surface area contributed by atoms with Crippen LogP contribution >= 0.6 is 0 Å². The van der Waals surface area contributed by atoms with Crippen LogP contribution in [0.3, 0.4) is 0 Å². The fraction of sp³-hybridized carbons (Fsp3) is 0.700. The number of nitrogens with zero attached hydrogens (tertiary/aromatic N) is 5. The molecule has 0 N–H and O–H groups in total. The number of carbonyl (C=O) groups excluding carboxylic acids is 2. The van der Waals surface area contributed by atoms with Crippen molar-refractivity contribution in [1.82, 2.24) is 24.7 Å². The van der Waals surface area contributed by atoms with E-state index in [1.165, 1.54) is 6.20 Å². The van der Waals surface area contributed by atoms with E-state index in [0.29, 0.717) is 25.2 Å². The van der Waals surface area contributed by atoms with Gasteiger partial charge in [-0.05, 0) is 26.2 Å². The first kappa shape index (κ1) is 20.7. The molecule has 0 saturated carbocycles. The quantitative estimate of drug-likeness (QED) is 0.659. The van der Waals surface area contributed by atoms with Gasteiger partial charge in [0.15, 0.2) is 0 Å². The van der Waals surface area contributed by atoms with Gasteiger partial charge in [-0.15, -0.1) is 0 Å². The molecule has 154 valence electrons. The molecule has 3 heterocycles. The molecule has 28 heavy (non-hydrogen) atoms. The molecule has 2 aliphatic heterocycles. The Morgan fingerprint density at radius 3 is 2.50 bits per heavy atom. The molecular weight excluding hydrogens is 358 g/mol. The van der Waals surface area contributed by atoms with Crippen LogP contribution < -0.4 is 0 Å². The Kier molecular flexibility index (Phi) is 7.73. The highest BCUT2D eigenvalue weighted by atomic mass is 16.5. The van der Waals surface area contributed by atoms with Crippen molar-refractivity contribution in [2.75, 3.05) is 59.0 Å². The van der Waals surface area contributed by atoms with E-state index in [1.54, 1.807) is 11.1 Å². The predicted molar refractivity (Wildman–Crippen MR) is 105 cm³/mol. The summed E-state index contributed by atoms with van der Waals surface area (Å²) in [6.45, 7) is 8.89. The molecule has 2 aliphatic rings. The van der Waals surface area contributed by atoms with E-state index < -0.39 is 0 Å². The van der Waals surface area contributed by atoms with E-state index in [0.717, 1.165) is 70.9 Å². The number of morpholine rings is 1. The number of carbonyl (C=O) groups is 2. The Bertz CT molecular complexity index is 640. The fourth-order valence-corrected chi connectivity index (χ4v) is 3.65. The van der Waals surface area contributed by atoms with Gasteiger partial charge < -0.3 is 14.5 Å². The van der Waals surface area contributed by atoms with Crippen molar-refractivity contribution in [3.63, 3.8) is 0 Å². The second kappa shape index (κ2) is 10.5. The van der Waals surface area contributed by atoms with Crippen LogP contribution in [0.4, 0.5) is 0 Å². The molecular formula is C20H31N5O3. The summed E-state index contributed by atoms with van der Waals surface area (Å²) in [5.74, 6) is -0.0119. The first-order valence-corrected chi connectivity index (χ1v) is 10.3. The highest BCUT2D eigenvalue weighted by molar-refractivity contribution is 5.92. The van der Waals surface area contributed by atoms with Crippen LogP contribution in [0.2, 0.25) is 0 Å². The van der Waals surface area contributed by atoms with E-state index >= 15 is 0 Å². The number of likely N-dealkylation sites (tertiary alicyclic amines) is 1. The Morgan fingerprint density at radius 2 is 1.82 bits per heavy atom. The number of hydrogen-bond acceptors (Lipinski definition) is 6. The maximum atomic E-state index is 12.9. The van der Waals surface area contributed by atoms with Gasteiger partial charge in [-0.2, -0.15) is 0 Å². The second-order valence-electron chi connectivity index (χ2n) is 7.48. The normalized spacial score (nSPS) is 17.7. The lowest BCUT2D eigenvalue weighted by Crippen LogP contribution is -2.40. The minimum atomic E-state index is -0.149. The van der Waals surface area contributed by atoms with Gasteiger partial charge in [0.05, 0.1) is 25.1 Å². The van der Waals surface area contributed by atoms with Gasteiger partial charge in [0.2, 0.25) is 5.91 Å². The SMILES string of the molecule is Cc1cnc(C(=O)N(CCCN2CCOCC2)CCC(=O)N2CCCC2)cn1. The minimum absolute atomic E-state index is 0.137. The van der Waals surface area contributed by atoms with Gasteiger partial charge in [0, 0.05) is 58.4 Å². The van der Waals surface area contributed by atoms with E-state index in [4.69, 9.17) is 4.74 Å². The summed E-state index contributed by atoms with van der Waals surface area (Å²) < 4.78 is 5.38. The van der Waals surface area contributed by atoms with E-state index in [-0.39, 0.29) is 11.8 Å². The first-order valence-electron chi connectivity index (χ1n) is 10.3. The minimum Gasteiger partial charge on any atom is -0.379 e. The highest BCUT2D eigenvalue weighted by Crippen LogP contribution is 2.11. The van der Waals surface area contributed by atoms with Gasteiger partial charge >= 0.3 is 0 Å². The summed E-state index contributed by atoms with van der Waals surface area (Å²) in [4.78, 5) is 39.8. The molecule has 1 aromatic heterocycles. The van der Waals surface area contributed by atoms with Crippen LogP contribution in [0.15, 0.2) is 12.4 Å². The molecule has 0 aromatic carbocycles. The topological polar surface area (TPSA) is 78.9 Å². The maximum absolute atomic E-state index is 12.9. The zero-order valence-electron chi connectivity index (χ0n) is 16.8. The molecule has 0 atom stereocenters. The Hall–Kier alpha value is -2.06. The number of ether oxygens (including phenoxy) is 1. The number of aromatic nitrogens is 2. The Balaban J connectivity index is 1.56. The van der Waals surface area contributed by atoms with Gasteiger partial charge in [0.1, 0.15) is 5.69 Å². The van der Waals surface area contributed by atoms with Gasteiger partial charge in [0.25, 0.3) is 5.91 Å². The van der Waals surface area contributed by atoms with E-state index in [9.17, 15) is 9.59 Å². The zero-order chi connectivity index (χ0) is 19.8. The van der Waals surface area contributed by atoms with E-state index in [1.807, 2.05) is 11.8 Å². The monoisotopic (exact) mass is 389 g/mol. The lowest BCUT2D eigenvalue weighted by molar-refractivity contribution is -0.130. The van der Waals surface area contributed by atoms with Gasteiger partial charge in [-0.1, -0.05) is 0 Å². The van der Waals surface area contributed by atoms with Crippen LogP contribution in [0, 0.1) is 6.92 Å². The standard InChI is InChI=1S/C20H31N5O3/c1-17-15-22-18(16-21-17)20(27)25(9-4-6-23-11-13-28-14-12-23)10-5-19(26)24-7-2-3-8-24/h15-16H,2-14H2,1H3. The van der Waals surface area contributed by atoms with Crippen molar-refractivity contribution in [1.29, 1.82) is 0 Å².